The SMILES string of the molecule is COc1nc(N)ccc1B(O)O. The van der Waals surface area contributed by atoms with Crippen LogP contribution in [0.5, 0.6) is 5.88 Å². The van der Waals surface area contributed by atoms with E-state index in [9.17, 15) is 0 Å². The first kappa shape index (κ1) is 8.83. The number of hydrogen-bond acceptors (Lipinski definition) is 5. The molecule has 1 rings (SSSR count). The van der Waals surface area contributed by atoms with Gasteiger partial charge in [0.25, 0.3) is 0 Å². The summed E-state index contributed by atoms with van der Waals surface area (Å²) in [5.41, 5.74) is 5.55. The van der Waals surface area contributed by atoms with Gasteiger partial charge in [0.15, 0.2) is 0 Å². The van der Waals surface area contributed by atoms with Crippen molar-refractivity contribution in [3.05, 3.63) is 12.1 Å². The Morgan fingerprint density at radius 3 is 2.67 bits per heavy atom. The van der Waals surface area contributed by atoms with E-state index < -0.39 is 7.12 Å². The molecule has 0 saturated heterocycles. The van der Waals surface area contributed by atoms with Gasteiger partial charge in [-0.1, -0.05) is 6.07 Å². The molecule has 0 bridgehead atoms. The normalized spacial score (nSPS) is 9.58. The molecular formula is C6H9BN2O3. The highest BCUT2D eigenvalue weighted by Gasteiger charge is 2.17. The van der Waals surface area contributed by atoms with E-state index in [2.05, 4.69) is 4.98 Å². The van der Waals surface area contributed by atoms with Gasteiger partial charge in [0.05, 0.1) is 7.11 Å². The van der Waals surface area contributed by atoms with E-state index in [1.54, 1.807) is 0 Å². The monoisotopic (exact) mass is 168 g/mol. The minimum Gasteiger partial charge on any atom is -0.481 e. The first-order chi connectivity index (χ1) is 5.65. The largest absolute Gasteiger partial charge is 0.494 e. The van der Waals surface area contributed by atoms with Crippen molar-refractivity contribution in [1.82, 2.24) is 4.98 Å². The molecule has 1 aromatic rings. The Hall–Kier alpha value is -1.27. The lowest BCUT2D eigenvalue weighted by molar-refractivity contribution is 0.391. The number of anilines is 1. The predicted molar refractivity (Wildman–Crippen MR) is 45.0 cm³/mol. The second-order valence-corrected chi connectivity index (χ2v) is 2.21. The zero-order valence-corrected chi connectivity index (χ0v) is 6.56. The van der Waals surface area contributed by atoms with E-state index in [-0.39, 0.29) is 17.2 Å². The summed E-state index contributed by atoms with van der Waals surface area (Å²) in [4.78, 5) is 3.75. The minimum atomic E-state index is -1.59. The number of nitrogens with two attached hydrogens (primary N) is 1. The Morgan fingerprint density at radius 1 is 1.50 bits per heavy atom. The summed E-state index contributed by atoms with van der Waals surface area (Å²) in [6.45, 7) is 0. The summed E-state index contributed by atoms with van der Waals surface area (Å²) < 4.78 is 4.78. The Bertz CT molecular complexity index is 279. The smallest absolute Gasteiger partial charge is 0.481 e. The van der Waals surface area contributed by atoms with E-state index in [1.807, 2.05) is 0 Å². The van der Waals surface area contributed by atoms with Crippen LogP contribution in [0.15, 0.2) is 12.1 Å². The van der Waals surface area contributed by atoms with Crippen LogP contribution in [-0.4, -0.2) is 29.3 Å². The Labute approximate surface area is 70.0 Å². The number of rotatable bonds is 2. The molecule has 0 aliphatic carbocycles. The molecule has 0 unspecified atom stereocenters. The summed E-state index contributed by atoms with van der Waals surface area (Å²) in [5.74, 6) is 0.404. The van der Waals surface area contributed by atoms with Crippen molar-refractivity contribution < 1.29 is 14.8 Å². The summed E-state index contributed by atoms with van der Waals surface area (Å²) >= 11 is 0. The topological polar surface area (TPSA) is 88.6 Å². The summed E-state index contributed by atoms with van der Waals surface area (Å²) in [6, 6.07) is 2.92. The number of methoxy groups -OCH3 is 1. The number of ether oxygens (including phenoxy) is 1. The number of nitrogen functional groups attached to an aromatic ring is 1. The summed E-state index contributed by atoms with van der Waals surface area (Å²) in [7, 11) is -0.207. The molecule has 0 spiro atoms. The molecule has 0 fully saturated rings. The van der Waals surface area contributed by atoms with Gasteiger partial charge in [-0.25, -0.2) is 0 Å². The fourth-order valence-electron chi connectivity index (χ4n) is 0.826. The third-order valence-corrected chi connectivity index (χ3v) is 1.38. The van der Waals surface area contributed by atoms with E-state index in [0.29, 0.717) is 0 Å². The number of hydrogen-bond donors (Lipinski definition) is 3. The van der Waals surface area contributed by atoms with E-state index in [1.165, 1.54) is 19.2 Å². The zero-order valence-electron chi connectivity index (χ0n) is 6.56. The van der Waals surface area contributed by atoms with Crippen LogP contribution < -0.4 is 15.9 Å². The van der Waals surface area contributed by atoms with Crippen LogP contribution in [0, 0.1) is 0 Å². The van der Waals surface area contributed by atoms with Crippen molar-refractivity contribution in [3.63, 3.8) is 0 Å². The van der Waals surface area contributed by atoms with Crippen molar-refractivity contribution in [2.45, 2.75) is 0 Å². The summed E-state index contributed by atoms with van der Waals surface area (Å²) in [6.07, 6.45) is 0. The van der Waals surface area contributed by atoms with Crippen molar-refractivity contribution in [2.75, 3.05) is 12.8 Å². The van der Waals surface area contributed by atoms with Crippen LogP contribution in [0.2, 0.25) is 0 Å². The second-order valence-electron chi connectivity index (χ2n) is 2.21. The maximum atomic E-state index is 8.82. The van der Waals surface area contributed by atoms with Crippen molar-refractivity contribution in [3.8, 4) is 5.88 Å². The zero-order chi connectivity index (χ0) is 9.14. The number of nitrogens with zero attached hydrogens (tertiary/aromatic N) is 1. The highest BCUT2D eigenvalue weighted by molar-refractivity contribution is 6.59. The fraction of sp³-hybridized carbons (Fsp3) is 0.167. The average molecular weight is 168 g/mol. The lowest BCUT2D eigenvalue weighted by Gasteiger charge is -2.05. The van der Waals surface area contributed by atoms with Gasteiger partial charge in [-0.05, 0) is 6.07 Å². The van der Waals surface area contributed by atoms with Crippen LogP contribution in [0.4, 0.5) is 5.82 Å². The van der Waals surface area contributed by atoms with Gasteiger partial charge < -0.3 is 20.5 Å². The maximum Gasteiger partial charge on any atom is 0.494 e. The average Bonchev–Trinajstić information content (AvgIpc) is 2.03. The molecular weight excluding hydrogens is 159 g/mol. The molecule has 4 N–H and O–H groups in total. The molecule has 0 radical (unpaired) electrons. The predicted octanol–water partition coefficient (Wildman–Crippen LogP) is -1.65. The molecule has 0 aliphatic heterocycles. The lowest BCUT2D eigenvalue weighted by Crippen LogP contribution is -2.31. The van der Waals surface area contributed by atoms with Gasteiger partial charge in [-0.3, -0.25) is 0 Å². The Balaban J connectivity index is 3.11. The highest BCUT2D eigenvalue weighted by atomic mass is 16.5. The van der Waals surface area contributed by atoms with Gasteiger partial charge in [-0.15, -0.1) is 0 Å². The molecule has 0 atom stereocenters. The number of pyridine rings is 1. The van der Waals surface area contributed by atoms with Crippen LogP contribution in [0.1, 0.15) is 0 Å². The molecule has 1 aromatic heterocycles. The second kappa shape index (κ2) is 3.42. The molecule has 12 heavy (non-hydrogen) atoms. The lowest BCUT2D eigenvalue weighted by atomic mass is 9.81. The summed E-state index contributed by atoms with van der Waals surface area (Å²) in [5, 5.41) is 17.6. The standard InChI is InChI=1S/C6H9BN2O3/c1-12-6-4(7(10)11)2-3-5(8)9-6/h2-3,10-11H,1H3,(H2,8,9). The van der Waals surface area contributed by atoms with Crippen molar-refractivity contribution in [2.24, 2.45) is 0 Å². The minimum absolute atomic E-state index is 0.130. The van der Waals surface area contributed by atoms with Gasteiger partial charge in [-0.2, -0.15) is 4.98 Å². The van der Waals surface area contributed by atoms with Gasteiger partial charge >= 0.3 is 7.12 Å². The van der Waals surface area contributed by atoms with Crippen molar-refractivity contribution in [1.29, 1.82) is 0 Å². The third-order valence-electron chi connectivity index (χ3n) is 1.38. The van der Waals surface area contributed by atoms with Crippen LogP contribution >= 0.6 is 0 Å². The quantitative estimate of drug-likeness (QED) is 0.460. The first-order valence-electron chi connectivity index (χ1n) is 3.31. The molecule has 6 heteroatoms. The Morgan fingerprint density at radius 2 is 2.17 bits per heavy atom. The molecule has 0 amide bonds. The van der Waals surface area contributed by atoms with Gasteiger partial charge in [0, 0.05) is 5.46 Å². The third kappa shape index (κ3) is 1.66. The molecule has 64 valence electrons. The van der Waals surface area contributed by atoms with E-state index in [4.69, 9.17) is 20.5 Å². The molecule has 0 aliphatic rings. The fourth-order valence-corrected chi connectivity index (χ4v) is 0.826. The van der Waals surface area contributed by atoms with Crippen LogP contribution in [0.3, 0.4) is 0 Å². The van der Waals surface area contributed by atoms with Crippen LogP contribution in [0.25, 0.3) is 0 Å². The maximum absolute atomic E-state index is 8.82. The molecule has 1 heterocycles. The highest BCUT2D eigenvalue weighted by Crippen LogP contribution is 2.05. The van der Waals surface area contributed by atoms with Gasteiger partial charge in [0.1, 0.15) is 5.82 Å². The van der Waals surface area contributed by atoms with Gasteiger partial charge in [0.2, 0.25) is 5.88 Å². The molecule has 0 aromatic carbocycles. The number of aromatic nitrogens is 1. The Kier molecular flexibility index (Phi) is 2.52. The molecule has 5 nitrogen and oxygen atoms in total. The van der Waals surface area contributed by atoms with E-state index >= 15 is 0 Å². The van der Waals surface area contributed by atoms with Crippen molar-refractivity contribution >= 4 is 18.4 Å². The van der Waals surface area contributed by atoms with Crippen LogP contribution in [-0.2, 0) is 0 Å². The molecule has 0 saturated carbocycles. The first-order valence-corrected chi connectivity index (χ1v) is 3.31. The van der Waals surface area contributed by atoms with E-state index in [0.717, 1.165) is 0 Å².